The summed E-state index contributed by atoms with van der Waals surface area (Å²) in [5.74, 6) is 0.146. The van der Waals surface area contributed by atoms with E-state index in [1.807, 2.05) is 12.1 Å². The summed E-state index contributed by atoms with van der Waals surface area (Å²) in [6.45, 7) is 1.77. The van der Waals surface area contributed by atoms with Gasteiger partial charge in [0.25, 0.3) is 5.69 Å². The number of aromatic nitrogens is 2. The number of fused-ring (bicyclic) bond motifs is 1. The number of nitro benzene ring substituents is 1. The average molecular weight is 542 g/mol. The summed E-state index contributed by atoms with van der Waals surface area (Å²) in [6.07, 6.45) is 2.67. The minimum Gasteiger partial charge on any atom is -0.301 e. The molecule has 2 heterocycles. The van der Waals surface area contributed by atoms with Crippen molar-refractivity contribution in [1.82, 2.24) is 9.97 Å². The maximum Gasteiger partial charge on any atom is 0.270 e. The van der Waals surface area contributed by atoms with Gasteiger partial charge in [-0.1, -0.05) is 54.2 Å². The molecule has 1 amide bonds. The number of anilines is 1. The minimum atomic E-state index is -0.515. The summed E-state index contributed by atoms with van der Waals surface area (Å²) in [5, 5.41) is 25.9. The van der Waals surface area contributed by atoms with Gasteiger partial charge in [0, 0.05) is 28.8 Å². The third-order valence-corrected chi connectivity index (χ3v) is 8.35. The van der Waals surface area contributed by atoms with Gasteiger partial charge in [0.2, 0.25) is 5.91 Å². The Morgan fingerprint density at radius 3 is 2.79 bits per heavy atom. The number of nitrogens with zero attached hydrogens (tertiary/aromatic N) is 4. The standard InChI is InChI=1S/C28H23N5O3S2/c1-17(26(34)32-28-31-25(16-37-28)20-8-5-9-23(14-20)33(35)36)38-27-22(15-29)13-21-12-19(10-11-24(21)30-27)18-6-3-2-4-7-18/h2-9,13-14,16-17,19H,10-12H2,1H3,(H,31,32,34). The number of thioether (sulfide) groups is 1. The third-order valence-electron chi connectivity index (χ3n) is 6.49. The van der Waals surface area contributed by atoms with Crippen LogP contribution in [0.1, 0.15) is 41.6 Å². The summed E-state index contributed by atoms with van der Waals surface area (Å²) in [5.41, 5.74) is 5.00. The van der Waals surface area contributed by atoms with Crippen LogP contribution in [0, 0.1) is 21.4 Å². The van der Waals surface area contributed by atoms with E-state index in [9.17, 15) is 20.2 Å². The molecule has 2 atom stereocenters. The molecule has 0 saturated heterocycles. The quantitative estimate of drug-likeness (QED) is 0.164. The van der Waals surface area contributed by atoms with Crippen LogP contribution in [0.3, 0.4) is 0 Å². The lowest BCUT2D eigenvalue weighted by Crippen LogP contribution is -2.23. The Morgan fingerprint density at radius 2 is 2.03 bits per heavy atom. The van der Waals surface area contributed by atoms with Crippen LogP contribution in [0.5, 0.6) is 0 Å². The zero-order valence-corrected chi connectivity index (χ0v) is 22.1. The molecule has 8 nitrogen and oxygen atoms in total. The zero-order chi connectivity index (χ0) is 26.6. The molecule has 1 aliphatic rings. The van der Waals surface area contributed by atoms with Gasteiger partial charge in [0.05, 0.1) is 21.4 Å². The maximum atomic E-state index is 12.9. The van der Waals surface area contributed by atoms with Crippen molar-refractivity contribution in [3.8, 4) is 17.3 Å². The highest BCUT2D eigenvalue weighted by atomic mass is 32.2. The first-order valence-corrected chi connectivity index (χ1v) is 13.8. The molecule has 0 saturated carbocycles. The SMILES string of the molecule is CC(Sc1nc2c(cc1C#N)CC(c1ccccc1)CC2)C(=O)Nc1nc(-c2cccc([N+](=O)[O-])c2)cs1. The number of aryl methyl sites for hydroxylation is 1. The van der Waals surface area contributed by atoms with Gasteiger partial charge in [-0.05, 0) is 49.3 Å². The highest BCUT2D eigenvalue weighted by Gasteiger charge is 2.25. The van der Waals surface area contributed by atoms with Crippen LogP contribution in [0.4, 0.5) is 10.8 Å². The number of nitriles is 1. The summed E-state index contributed by atoms with van der Waals surface area (Å²) in [4.78, 5) is 32.8. The first-order valence-electron chi connectivity index (χ1n) is 12.1. The van der Waals surface area contributed by atoms with E-state index in [2.05, 4.69) is 40.6 Å². The van der Waals surface area contributed by atoms with Crippen molar-refractivity contribution in [1.29, 1.82) is 5.26 Å². The number of nitrogens with one attached hydrogen (secondary N) is 1. The lowest BCUT2D eigenvalue weighted by Gasteiger charge is -2.25. The number of nitro groups is 1. The molecule has 0 aliphatic heterocycles. The van der Waals surface area contributed by atoms with Crippen molar-refractivity contribution in [3.63, 3.8) is 0 Å². The molecule has 1 aliphatic carbocycles. The third kappa shape index (κ3) is 5.59. The van der Waals surface area contributed by atoms with Gasteiger partial charge >= 0.3 is 0 Å². The molecule has 2 aromatic heterocycles. The van der Waals surface area contributed by atoms with E-state index >= 15 is 0 Å². The number of carbonyl (C=O) groups is 1. The van der Waals surface area contributed by atoms with E-state index in [0.29, 0.717) is 32.9 Å². The van der Waals surface area contributed by atoms with Crippen molar-refractivity contribution in [2.24, 2.45) is 0 Å². The Balaban J connectivity index is 1.26. The maximum absolute atomic E-state index is 12.9. The zero-order valence-electron chi connectivity index (χ0n) is 20.5. The van der Waals surface area contributed by atoms with Gasteiger partial charge < -0.3 is 5.32 Å². The predicted octanol–water partition coefficient (Wildman–Crippen LogP) is 6.38. The van der Waals surface area contributed by atoms with Crippen molar-refractivity contribution >= 4 is 39.8 Å². The molecule has 0 radical (unpaired) electrons. The lowest BCUT2D eigenvalue weighted by molar-refractivity contribution is -0.384. The highest BCUT2D eigenvalue weighted by molar-refractivity contribution is 8.00. The van der Waals surface area contributed by atoms with E-state index in [4.69, 9.17) is 4.98 Å². The molecule has 0 spiro atoms. The number of carbonyl (C=O) groups excluding carboxylic acids is 1. The molecule has 38 heavy (non-hydrogen) atoms. The largest absolute Gasteiger partial charge is 0.301 e. The number of hydrogen-bond acceptors (Lipinski definition) is 8. The number of pyridine rings is 1. The molecule has 0 bridgehead atoms. The smallest absolute Gasteiger partial charge is 0.270 e. The second kappa shape index (κ2) is 11.1. The first kappa shape index (κ1) is 25.6. The van der Waals surface area contributed by atoms with Crippen LogP contribution < -0.4 is 5.32 Å². The molecule has 10 heteroatoms. The number of hydrogen-bond donors (Lipinski definition) is 1. The molecule has 1 N–H and O–H groups in total. The van der Waals surface area contributed by atoms with Crippen molar-refractivity contribution < 1.29 is 9.72 Å². The summed E-state index contributed by atoms with van der Waals surface area (Å²) in [7, 11) is 0. The number of benzene rings is 2. The molecular weight excluding hydrogens is 518 g/mol. The fourth-order valence-electron chi connectivity index (χ4n) is 4.50. The van der Waals surface area contributed by atoms with Gasteiger partial charge in [-0.3, -0.25) is 14.9 Å². The molecule has 2 unspecified atom stereocenters. The van der Waals surface area contributed by atoms with Gasteiger partial charge in [-0.2, -0.15) is 5.26 Å². The monoisotopic (exact) mass is 541 g/mol. The second-order valence-corrected chi connectivity index (χ2v) is 11.2. The Morgan fingerprint density at radius 1 is 1.21 bits per heavy atom. The molecule has 190 valence electrons. The number of amides is 1. The van der Waals surface area contributed by atoms with Gasteiger partial charge in [0.15, 0.2) is 5.13 Å². The van der Waals surface area contributed by atoms with Gasteiger partial charge in [0.1, 0.15) is 11.1 Å². The topological polar surface area (TPSA) is 122 Å². The number of thiazole rings is 1. The number of rotatable bonds is 7. The van der Waals surface area contributed by atoms with Crippen molar-refractivity contribution in [2.45, 2.75) is 42.4 Å². The Hall–Kier alpha value is -4.07. The van der Waals surface area contributed by atoms with Crippen molar-refractivity contribution in [2.75, 3.05) is 5.32 Å². The molecule has 4 aromatic rings. The second-order valence-electron chi connectivity index (χ2n) is 9.00. The molecular formula is C28H23N5O3S2. The van der Waals surface area contributed by atoms with Crippen LogP contribution in [-0.4, -0.2) is 26.0 Å². The minimum absolute atomic E-state index is 0.0208. The van der Waals surface area contributed by atoms with E-state index in [-0.39, 0.29) is 11.6 Å². The van der Waals surface area contributed by atoms with E-state index in [1.165, 1.54) is 40.8 Å². The van der Waals surface area contributed by atoms with Gasteiger partial charge in [-0.25, -0.2) is 9.97 Å². The average Bonchev–Trinajstić information content (AvgIpc) is 3.41. The summed E-state index contributed by atoms with van der Waals surface area (Å²) >= 11 is 2.50. The lowest BCUT2D eigenvalue weighted by atomic mass is 9.82. The fraction of sp³-hybridized carbons (Fsp3) is 0.214. The summed E-state index contributed by atoms with van der Waals surface area (Å²) in [6, 6.07) is 20.8. The number of non-ortho nitro benzene ring substituents is 1. The normalized spacial score (nSPS) is 15.2. The van der Waals surface area contributed by atoms with Crippen LogP contribution in [0.2, 0.25) is 0 Å². The van der Waals surface area contributed by atoms with Gasteiger partial charge in [-0.15, -0.1) is 11.3 Å². The summed E-state index contributed by atoms with van der Waals surface area (Å²) < 4.78 is 0. The molecule has 2 aromatic carbocycles. The van der Waals surface area contributed by atoms with E-state index < -0.39 is 10.2 Å². The van der Waals surface area contributed by atoms with E-state index in [1.54, 1.807) is 24.4 Å². The Kier molecular flexibility index (Phi) is 7.49. The fourth-order valence-corrected chi connectivity index (χ4v) is 6.11. The Bertz CT molecular complexity index is 1550. The Labute approximate surface area is 227 Å². The van der Waals surface area contributed by atoms with Crippen LogP contribution in [0.25, 0.3) is 11.3 Å². The molecule has 5 rings (SSSR count). The van der Waals surface area contributed by atoms with Crippen molar-refractivity contribution in [3.05, 3.63) is 98.5 Å². The van der Waals surface area contributed by atoms with Crippen LogP contribution in [0.15, 0.2) is 71.1 Å². The molecule has 0 fully saturated rings. The predicted molar refractivity (Wildman–Crippen MR) is 148 cm³/mol. The van der Waals surface area contributed by atoms with Crippen LogP contribution in [-0.2, 0) is 17.6 Å². The first-order chi connectivity index (χ1) is 18.4. The van der Waals surface area contributed by atoms with Crippen LogP contribution >= 0.6 is 23.1 Å². The van der Waals surface area contributed by atoms with E-state index in [0.717, 1.165) is 30.5 Å². The highest BCUT2D eigenvalue weighted by Crippen LogP contribution is 2.35.